The third kappa shape index (κ3) is 4.23. The molecule has 0 atom stereocenters. The van der Waals surface area contributed by atoms with Crippen LogP contribution in [0.3, 0.4) is 0 Å². The predicted octanol–water partition coefficient (Wildman–Crippen LogP) is 0.223. The molecule has 3 heteroatoms. The molecule has 0 saturated carbocycles. The number of Topliss-reactive ketones (excluding diaryl/α,β-unsaturated/α-hetero) is 1. The summed E-state index contributed by atoms with van der Waals surface area (Å²) in [4.78, 5) is 10.7. The summed E-state index contributed by atoms with van der Waals surface area (Å²) in [5.41, 5.74) is 0.342. The summed E-state index contributed by atoms with van der Waals surface area (Å²) in [5.74, 6) is -2.23. The van der Waals surface area contributed by atoms with E-state index >= 15 is 0 Å². The average Bonchev–Trinajstić information content (AvgIpc) is 1.60. The van der Waals surface area contributed by atoms with E-state index in [0.717, 1.165) is 6.92 Å². The molecule has 58 valence electrons. The van der Waals surface area contributed by atoms with E-state index in [4.69, 9.17) is 10.2 Å². The Bertz CT molecular complexity index is 153. The molecule has 0 radical (unpaired) electrons. The fraction of sp³-hybridized carbons (Fsp3) is 0.571. The number of hydrogen-bond acceptors (Lipinski definition) is 3. The zero-order valence-corrected chi connectivity index (χ0v) is 6.22. The van der Waals surface area contributed by atoms with Crippen molar-refractivity contribution in [2.24, 2.45) is 0 Å². The summed E-state index contributed by atoms with van der Waals surface area (Å²) >= 11 is 0. The molecule has 0 amide bonds. The molecule has 0 aromatic carbocycles. The van der Waals surface area contributed by atoms with Crippen LogP contribution in [-0.2, 0) is 4.79 Å². The fourth-order valence-electron chi connectivity index (χ4n) is 0.455. The lowest BCUT2D eigenvalue weighted by molar-refractivity contribution is -0.158. The normalized spacial score (nSPS) is 11.2. The molecule has 10 heavy (non-hydrogen) atoms. The molecule has 0 unspecified atom stereocenters. The summed E-state index contributed by atoms with van der Waals surface area (Å²) in [5, 5.41) is 17.5. The van der Waals surface area contributed by atoms with Crippen molar-refractivity contribution in [2.45, 2.75) is 26.1 Å². The van der Waals surface area contributed by atoms with Gasteiger partial charge in [0.2, 0.25) is 0 Å². The van der Waals surface area contributed by atoms with Crippen LogP contribution >= 0.6 is 0 Å². The maximum absolute atomic E-state index is 10.7. The molecule has 0 spiro atoms. The zero-order chi connectivity index (χ0) is 8.36. The number of carbonyl (C=O) groups is 1. The van der Waals surface area contributed by atoms with E-state index in [9.17, 15) is 4.79 Å². The van der Waals surface area contributed by atoms with Crippen molar-refractivity contribution in [3.8, 4) is 0 Å². The molecule has 0 bridgehead atoms. The molecule has 0 aromatic heterocycles. The van der Waals surface area contributed by atoms with Crippen LogP contribution in [0.5, 0.6) is 0 Å². The van der Waals surface area contributed by atoms with Crippen LogP contribution in [0.1, 0.15) is 20.3 Å². The zero-order valence-electron chi connectivity index (χ0n) is 6.22. The van der Waals surface area contributed by atoms with E-state index in [1.165, 1.54) is 6.92 Å². The number of allylic oxidation sites excluding steroid dienone is 1. The molecule has 3 nitrogen and oxygen atoms in total. The van der Waals surface area contributed by atoms with Gasteiger partial charge in [-0.15, -0.1) is 0 Å². The Morgan fingerprint density at radius 1 is 1.60 bits per heavy atom. The van der Waals surface area contributed by atoms with Crippen LogP contribution in [-0.4, -0.2) is 21.8 Å². The Kier molecular flexibility index (Phi) is 2.75. The first kappa shape index (κ1) is 9.33. The van der Waals surface area contributed by atoms with Gasteiger partial charge in [0.1, 0.15) is 0 Å². The third-order valence-corrected chi connectivity index (χ3v) is 0.971. The van der Waals surface area contributed by atoms with Gasteiger partial charge >= 0.3 is 0 Å². The highest BCUT2D eigenvalue weighted by atomic mass is 16.5. The predicted molar refractivity (Wildman–Crippen MR) is 37.3 cm³/mol. The van der Waals surface area contributed by atoms with E-state index in [1.807, 2.05) is 0 Å². The quantitative estimate of drug-likeness (QED) is 0.440. The maximum atomic E-state index is 10.7. The van der Waals surface area contributed by atoms with Crippen LogP contribution in [0.25, 0.3) is 0 Å². The number of hydrogen-bond donors (Lipinski definition) is 2. The minimum absolute atomic E-state index is 0.289. The van der Waals surface area contributed by atoms with Crippen molar-refractivity contribution in [3.63, 3.8) is 0 Å². The summed E-state index contributed by atoms with van der Waals surface area (Å²) in [6.45, 7) is 6.06. The highest BCUT2D eigenvalue weighted by Crippen LogP contribution is 2.07. The van der Waals surface area contributed by atoms with E-state index < -0.39 is 5.79 Å². The minimum atomic E-state index is -1.91. The van der Waals surface area contributed by atoms with Gasteiger partial charge in [-0.1, -0.05) is 6.58 Å². The first-order valence-corrected chi connectivity index (χ1v) is 2.96. The number of ketones is 1. The van der Waals surface area contributed by atoms with Gasteiger partial charge in [0.25, 0.3) is 0 Å². The van der Waals surface area contributed by atoms with Crippen molar-refractivity contribution >= 4 is 5.78 Å². The van der Waals surface area contributed by atoms with Crippen LogP contribution in [0.4, 0.5) is 0 Å². The van der Waals surface area contributed by atoms with Gasteiger partial charge in [-0.3, -0.25) is 4.79 Å². The fourth-order valence-corrected chi connectivity index (χ4v) is 0.455. The minimum Gasteiger partial charge on any atom is -0.365 e. The molecule has 0 fully saturated rings. The molecule has 0 rings (SSSR count). The molecule has 0 aliphatic rings. The lowest BCUT2D eigenvalue weighted by Gasteiger charge is -2.13. The average molecular weight is 144 g/mol. The van der Waals surface area contributed by atoms with Gasteiger partial charge < -0.3 is 10.2 Å². The highest BCUT2D eigenvalue weighted by Gasteiger charge is 2.19. The Labute approximate surface area is 60.0 Å². The summed E-state index contributed by atoms with van der Waals surface area (Å²) in [7, 11) is 0. The van der Waals surface area contributed by atoms with Crippen LogP contribution in [0, 0.1) is 0 Å². The second-order valence-electron chi connectivity index (χ2n) is 2.60. The Hall–Kier alpha value is -0.670. The largest absolute Gasteiger partial charge is 0.365 e. The molecule has 0 aliphatic carbocycles. The summed E-state index contributed by atoms with van der Waals surface area (Å²) in [6.07, 6.45) is -0.289. The SMILES string of the molecule is C=C(C)C(=O)CC(C)(O)O. The highest BCUT2D eigenvalue weighted by molar-refractivity contribution is 5.94. The van der Waals surface area contributed by atoms with Gasteiger partial charge in [0.15, 0.2) is 11.6 Å². The second kappa shape index (κ2) is 2.94. The van der Waals surface area contributed by atoms with Crippen molar-refractivity contribution in [3.05, 3.63) is 12.2 Å². The van der Waals surface area contributed by atoms with E-state index in [-0.39, 0.29) is 12.2 Å². The van der Waals surface area contributed by atoms with E-state index in [2.05, 4.69) is 6.58 Å². The Balaban J connectivity index is 3.93. The van der Waals surface area contributed by atoms with Crippen molar-refractivity contribution in [1.82, 2.24) is 0 Å². The Morgan fingerprint density at radius 3 is 2.10 bits per heavy atom. The lowest BCUT2D eigenvalue weighted by Crippen LogP contribution is -2.27. The van der Waals surface area contributed by atoms with Crippen LogP contribution in [0.15, 0.2) is 12.2 Å². The lowest BCUT2D eigenvalue weighted by atomic mass is 10.1. The third-order valence-electron chi connectivity index (χ3n) is 0.971. The van der Waals surface area contributed by atoms with E-state index in [0.29, 0.717) is 5.57 Å². The second-order valence-corrected chi connectivity index (χ2v) is 2.60. The van der Waals surface area contributed by atoms with Gasteiger partial charge in [-0.25, -0.2) is 0 Å². The van der Waals surface area contributed by atoms with Crippen molar-refractivity contribution < 1.29 is 15.0 Å². The topological polar surface area (TPSA) is 57.5 Å². The number of aliphatic hydroxyl groups is 2. The van der Waals surface area contributed by atoms with Crippen LogP contribution in [0.2, 0.25) is 0 Å². The molecular formula is C7H12O3. The number of carbonyl (C=O) groups excluding carboxylic acids is 1. The molecular weight excluding hydrogens is 132 g/mol. The molecule has 0 saturated heterocycles. The van der Waals surface area contributed by atoms with E-state index in [1.54, 1.807) is 0 Å². The van der Waals surface area contributed by atoms with Crippen LogP contribution < -0.4 is 0 Å². The van der Waals surface area contributed by atoms with Crippen molar-refractivity contribution in [2.75, 3.05) is 0 Å². The monoisotopic (exact) mass is 144 g/mol. The van der Waals surface area contributed by atoms with Gasteiger partial charge in [0, 0.05) is 0 Å². The standard InChI is InChI=1S/C7H12O3/c1-5(2)6(8)4-7(3,9)10/h9-10H,1,4H2,2-3H3. The molecule has 0 aliphatic heterocycles. The number of rotatable bonds is 3. The summed E-state index contributed by atoms with van der Waals surface area (Å²) < 4.78 is 0. The molecule has 2 N–H and O–H groups in total. The van der Waals surface area contributed by atoms with Gasteiger partial charge in [-0.2, -0.15) is 0 Å². The van der Waals surface area contributed by atoms with Crippen molar-refractivity contribution in [1.29, 1.82) is 0 Å². The smallest absolute Gasteiger partial charge is 0.166 e. The first-order valence-electron chi connectivity index (χ1n) is 2.96. The summed E-state index contributed by atoms with van der Waals surface area (Å²) in [6, 6.07) is 0. The molecule has 0 heterocycles. The van der Waals surface area contributed by atoms with Gasteiger partial charge in [0.05, 0.1) is 6.42 Å². The first-order chi connectivity index (χ1) is 4.33. The maximum Gasteiger partial charge on any atom is 0.166 e. The van der Waals surface area contributed by atoms with Gasteiger partial charge in [-0.05, 0) is 19.4 Å². The Morgan fingerprint density at radius 2 is 2.00 bits per heavy atom. The molecule has 0 aromatic rings.